The van der Waals surface area contributed by atoms with Gasteiger partial charge < -0.3 is 10.6 Å². The first-order valence-electron chi connectivity index (χ1n) is 7.24. The Morgan fingerprint density at radius 2 is 1.75 bits per heavy atom. The Balaban J connectivity index is 2.98. The lowest BCUT2D eigenvalue weighted by Gasteiger charge is -2.40. The normalized spacial score (nSPS) is 12.3. The van der Waals surface area contributed by atoms with Gasteiger partial charge in [0, 0.05) is 18.6 Å². The van der Waals surface area contributed by atoms with Gasteiger partial charge in [0.25, 0.3) is 0 Å². The first-order valence-corrected chi connectivity index (χ1v) is 7.24. The molecule has 0 fully saturated rings. The summed E-state index contributed by atoms with van der Waals surface area (Å²) in [5, 5.41) is 0. The van der Waals surface area contributed by atoms with Gasteiger partial charge in [0.15, 0.2) is 0 Å². The van der Waals surface area contributed by atoms with Crippen LogP contribution in [0.15, 0.2) is 24.3 Å². The van der Waals surface area contributed by atoms with Crippen molar-refractivity contribution in [2.45, 2.75) is 53.6 Å². The Morgan fingerprint density at radius 3 is 2.20 bits per heavy atom. The largest absolute Gasteiger partial charge is 0.338 e. The zero-order chi connectivity index (χ0) is 15.6. The highest BCUT2D eigenvalue weighted by atomic mass is 16.2. The Morgan fingerprint density at radius 1 is 1.20 bits per heavy atom. The molecule has 0 radical (unpaired) electrons. The van der Waals surface area contributed by atoms with Crippen molar-refractivity contribution in [1.29, 1.82) is 0 Å². The minimum atomic E-state index is -0.592. The van der Waals surface area contributed by atoms with Crippen LogP contribution in [0, 0.1) is 12.3 Å². The summed E-state index contributed by atoms with van der Waals surface area (Å²) in [6.07, 6.45) is 0. The van der Waals surface area contributed by atoms with Crippen LogP contribution in [0.4, 0.5) is 0 Å². The molecular formula is C17H28N2O. The number of rotatable bonds is 5. The summed E-state index contributed by atoms with van der Waals surface area (Å²) >= 11 is 0. The van der Waals surface area contributed by atoms with Gasteiger partial charge in [-0.1, -0.05) is 24.3 Å². The van der Waals surface area contributed by atoms with Crippen molar-refractivity contribution >= 4 is 5.91 Å². The highest BCUT2D eigenvalue weighted by molar-refractivity contribution is 5.83. The number of hydrogen-bond acceptors (Lipinski definition) is 2. The maximum absolute atomic E-state index is 12.8. The topological polar surface area (TPSA) is 46.3 Å². The molecule has 0 aliphatic rings. The SMILES string of the molecule is CCN(Cc1ccccc1C)C(=O)C(C)(C)C(C)(C)N. The number of nitrogens with zero attached hydrogens (tertiary/aromatic N) is 1. The van der Waals surface area contributed by atoms with Crippen LogP contribution < -0.4 is 5.73 Å². The fraction of sp³-hybridized carbons (Fsp3) is 0.588. The van der Waals surface area contributed by atoms with Crippen LogP contribution in [-0.4, -0.2) is 22.9 Å². The number of aryl methyl sites for hydroxylation is 1. The molecule has 1 amide bonds. The summed E-state index contributed by atoms with van der Waals surface area (Å²) < 4.78 is 0. The molecule has 0 aromatic heterocycles. The van der Waals surface area contributed by atoms with Crippen molar-refractivity contribution < 1.29 is 4.79 Å². The van der Waals surface area contributed by atoms with Gasteiger partial charge in [0.05, 0.1) is 5.41 Å². The summed E-state index contributed by atoms with van der Waals surface area (Å²) in [6.45, 7) is 13.1. The second kappa shape index (κ2) is 5.96. The van der Waals surface area contributed by atoms with Crippen LogP contribution in [0.3, 0.4) is 0 Å². The van der Waals surface area contributed by atoms with Gasteiger partial charge in [-0.3, -0.25) is 4.79 Å². The average molecular weight is 276 g/mol. The summed E-state index contributed by atoms with van der Waals surface area (Å²) in [4.78, 5) is 14.7. The molecule has 0 aliphatic carbocycles. The predicted molar refractivity (Wildman–Crippen MR) is 84.3 cm³/mol. The molecule has 1 aromatic carbocycles. The number of benzene rings is 1. The molecular weight excluding hydrogens is 248 g/mol. The molecule has 0 saturated carbocycles. The van der Waals surface area contributed by atoms with Crippen LogP contribution in [0.5, 0.6) is 0 Å². The van der Waals surface area contributed by atoms with E-state index in [1.165, 1.54) is 11.1 Å². The van der Waals surface area contributed by atoms with Crippen molar-refractivity contribution in [1.82, 2.24) is 4.90 Å². The molecule has 3 nitrogen and oxygen atoms in total. The average Bonchev–Trinajstić information content (AvgIpc) is 2.35. The van der Waals surface area contributed by atoms with Gasteiger partial charge in [0.2, 0.25) is 5.91 Å². The summed E-state index contributed by atoms with van der Waals surface area (Å²) in [5.74, 6) is 0.107. The summed E-state index contributed by atoms with van der Waals surface area (Å²) in [5.41, 5.74) is 7.44. The predicted octanol–water partition coefficient (Wildman–Crippen LogP) is 3.11. The fourth-order valence-corrected chi connectivity index (χ4v) is 1.99. The molecule has 20 heavy (non-hydrogen) atoms. The monoisotopic (exact) mass is 276 g/mol. The van der Waals surface area contributed by atoms with Crippen LogP contribution in [0.2, 0.25) is 0 Å². The first-order chi connectivity index (χ1) is 9.11. The fourth-order valence-electron chi connectivity index (χ4n) is 1.99. The maximum atomic E-state index is 12.8. The molecule has 0 unspecified atom stereocenters. The second-order valence-electron chi connectivity index (χ2n) is 6.59. The van der Waals surface area contributed by atoms with Gasteiger partial charge >= 0.3 is 0 Å². The molecule has 1 rings (SSSR count). The van der Waals surface area contributed by atoms with Crippen molar-refractivity contribution in [3.63, 3.8) is 0 Å². The molecule has 1 aromatic rings. The van der Waals surface area contributed by atoms with E-state index in [2.05, 4.69) is 19.1 Å². The van der Waals surface area contributed by atoms with E-state index in [9.17, 15) is 4.79 Å². The van der Waals surface area contributed by atoms with Crippen LogP contribution in [-0.2, 0) is 11.3 Å². The molecule has 0 aliphatic heterocycles. The second-order valence-corrected chi connectivity index (χ2v) is 6.59. The van der Waals surface area contributed by atoms with Gasteiger partial charge in [0.1, 0.15) is 0 Å². The Bertz CT molecular complexity index is 472. The lowest BCUT2D eigenvalue weighted by molar-refractivity contribution is -0.144. The molecule has 0 heterocycles. The summed E-state index contributed by atoms with van der Waals surface area (Å²) in [6, 6.07) is 8.18. The van der Waals surface area contributed by atoms with Crippen LogP contribution in [0.25, 0.3) is 0 Å². The van der Waals surface area contributed by atoms with Gasteiger partial charge in [-0.15, -0.1) is 0 Å². The number of carbonyl (C=O) groups excluding carboxylic acids is 1. The lowest BCUT2D eigenvalue weighted by atomic mass is 9.74. The third kappa shape index (κ3) is 3.40. The molecule has 2 N–H and O–H groups in total. The number of hydrogen-bond donors (Lipinski definition) is 1. The zero-order valence-corrected chi connectivity index (χ0v) is 13.7. The standard InChI is InChI=1S/C17H28N2O/c1-7-19(12-14-11-9-8-10-13(14)2)15(20)16(3,4)17(5,6)18/h8-11H,7,12,18H2,1-6H3. The van der Waals surface area contributed by atoms with E-state index in [1.54, 1.807) is 0 Å². The van der Waals surface area contributed by atoms with Crippen LogP contribution >= 0.6 is 0 Å². The number of carbonyl (C=O) groups is 1. The van der Waals surface area contributed by atoms with Crippen molar-refractivity contribution in [3.8, 4) is 0 Å². The Kier molecular flexibility index (Phi) is 4.98. The zero-order valence-electron chi connectivity index (χ0n) is 13.7. The lowest BCUT2D eigenvalue weighted by Crippen LogP contribution is -2.56. The van der Waals surface area contributed by atoms with E-state index < -0.39 is 11.0 Å². The number of nitrogens with two attached hydrogens (primary N) is 1. The highest BCUT2D eigenvalue weighted by Gasteiger charge is 2.42. The molecule has 112 valence electrons. The van der Waals surface area contributed by atoms with Crippen molar-refractivity contribution in [3.05, 3.63) is 35.4 Å². The van der Waals surface area contributed by atoms with E-state index >= 15 is 0 Å². The van der Waals surface area contributed by atoms with Gasteiger partial charge in [-0.05, 0) is 52.7 Å². The molecule has 0 saturated heterocycles. The van der Waals surface area contributed by atoms with Crippen LogP contribution in [0.1, 0.15) is 45.7 Å². The molecule has 0 bridgehead atoms. The van der Waals surface area contributed by atoms with E-state index in [4.69, 9.17) is 5.73 Å². The smallest absolute Gasteiger partial charge is 0.230 e. The van der Waals surface area contributed by atoms with Gasteiger partial charge in [-0.2, -0.15) is 0 Å². The van der Waals surface area contributed by atoms with E-state index in [-0.39, 0.29) is 5.91 Å². The highest BCUT2D eigenvalue weighted by Crippen LogP contribution is 2.31. The quantitative estimate of drug-likeness (QED) is 0.898. The molecule has 0 spiro atoms. The number of amides is 1. The minimum Gasteiger partial charge on any atom is -0.338 e. The third-order valence-electron chi connectivity index (χ3n) is 4.44. The first kappa shape index (κ1) is 16.7. The van der Waals surface area contributed by atoms with Crippen molar-refractivity contribution in [2.75, 3.05) is 6.54 Å². The Labute approximate surface area is 123 Å². The Hall–Kier alpha value is -1.35. The minimum absolute atomic E-state index is 0.107. The van der Waals surface area contributed by atoms with E-state index in [0.29, 0.717) is 13.1 Å². The van der Waals surface area contributed by atoms with Gasteiger partial charge in [-0.25, -0.2) is 0 Å². The summed E-state index contributed by atoms with van der Waals surface area (Å²) in [7, 11) is 0. The van der Waals surface area contributed by atoms with E-state index in [1.807, 2.05) is 51.7 Å². The van der Waals surface area contributed by atoms with Crippen molar-refractivity contribution in [2.24, 2.45) is 11.1 Å². The maximum Gasteiger partial charge on any atom is 0.230 e. The molecule has 3 heteroatoms. The third-order valence-corrected chi connectivity index (χ3v) is 4.44. The van der Waals surface area contributed by atoms with E-state index in [0.717, 1.165) is 0 Å². The molecule has 0 atom stereocenters.